The van der Waals surface area contributed by atoms with Gasteiger partial charge in [-0.1, -0.05) is 98.1 Å². The van der Waals surface area contributed by atoms with Crippen molar-refractivity contribution < 1.29 is 9.53 Å². The first kappa shape index (κ1) is 24.7. The Bertz CT molecular complexity index is 518. The van der Waals surface area contributed by atoms with Crippen molar-refractivity contribution >= 4 is 5.97 Å². The Balaban J connectivity index is 2.39. The minimum atomic E-state index is -0.180. The summed E-state index contributed by atoms with van der Waals surface area (Å²) in [4.78, 5) is 12.6. The summed E-state index contributed by atoms with van der Waals surface area (Å²) >= 11 is 0. The summed E-state index contributed by atoms with van der Waals surface area (Å²) in [5, 5.41) is 0. The lowest BCUT2D eigenvalue weighted by Crippen LogP contribution is -2.30. The van der Waals surface area contributed by atoms with E-state index in [0.29, 0.717) is 17.4 Å². The second-order valence-corrected chi connectivity index (χ2v) is 8.80. The molecule has 0 aromatic heterocycles. The molecule has 2 nitrogen and oxygen atoms in total. The standard InChI is InChI=1S/C26H44O2/c1-6-8-9-10-11-12-13-14-16-23-17-19-24(20-18-23)26(27)28-25(21(3)4)22(5)15-7-2/h17-22,25H,6-16H2,1-5H3. The maximum atomic E-state index is 12.6. The van der Waals surface area contributed by atoms with E-state index in [2.05, 4.69) is 46.8 Å². The van der Waals surface area contributed by atoms with Crippen molar-refractivity contribution in [2.75, 3.05) is 0 Å². The first-order chi connectivity index (χ1) is 13.5. The summed E-state index contributed by atoms with van der Waals surface area (Å²) in [5.41, 5.74) is 2.00. The Labute approximate surface area is 174 Å². The van der Waals surface area contributed by atoms with Crippen LogP contribution in [-0.2, 0) is 11.2 Å². The largest absolute Gasteiger partial charge is 0.458 e. The number of carbonyl (C=O) groups excluding carboxylic acids is 1. The summed E-state index contributed by atoms with van der Waals surface area (Å²) in [6, 6.07) is 8.06. The smallest absolute Gasteiger partial charge is 0.338 e. The summed E-state index contributed by atoms with van der Waals surface area (Å²) in [6.45, 7) is 10.9. The van der Waals surface area contributed by atoms with Gasteiger partial charge in [0.1, 0.15) is 6.10 Å². The SMILES string of the molecule is CCCCCCCCCCc1ccc(C(=O)OC(C(C)C)C(C)CCC)cc1. The van der Waals surface area contributed by atoms with E-state index in [1.807, 2.05) is 12.1 Å². The number of hydrogen-bond acceptors (Lipinski definition) is 2. The lowest BCUT2D eigenvalue weighted by Gasteiger charge is -2.27. The van der Waals surface area contributed by atoms with E-state index in [0.717, 1.165) is 19.3 Å². The van der Waals surface area contributed by atoms with Gasteiger partial charge in [0.25, 0.3) is 0 Å². The van der Waals surface area contributed by atoms with Crippen LogP contribution in [0.25, 0.3) is 0 Å². The number of aryl methyl sites for hydroxylation is 1. The van der Waals surface area contributed by atoms with Gasteiger partial charge in [-0.25, -0.2) is 4.79 Å². The third-order valence-corrected chi connectivity index (χ3v) is 5.71. The molecule has 2 heteroatoms. The van der Waals surface area contributed by atoms with Gasteiger partial charge in [-0.05, 0) is 48.8 Å². The zero-order chi connectivity index (χ0) is 20.8. The van der Waals surface area contributed by atoms with Crippen molar-refractivity contribution in [3.8, 4) is 0 Å². The predicted molar refractivity (Wildman–Crippen MR) is 121 cm³/mol. The Morgan fingerprint density at radius 2 is 1.39 bits per heavy atom. The molecule has 0 N–H and O–H groups in total. The normalized spacial score (nSPS) is 13.5. The van der Waals surface area contributed by atoms with Gasteiger partial charge in [0.15, 0.2) is 0 Å². The van der Waals surface area contributed by atoms with Gasteiger partial charge in [-0.15, -0.1) is 0 Å². The van der Waals surface area contributed by atoms with E-state index >= 15 is 0 Å². The first-order valence-corrected chi connectivity index (χ1v) is 11.8. The molecule has 1 rings (SSSR count). The Hall–Kier alpha value is -1.31. The van der Waals surface area contributed by atoms with E-state index in [4.69, 9.17) is 4.74 Å². The molecule has 0 saturated heterocycles. The van der Waals surface area contributed by atoms with Gasteiger partial charge >= 0.3 is 5.97 Å². The molecular weight excluding hydrogens is 344 g/mol. The summed E-state index contributed by atoms with van der Waals surface area (Å²) < 4.78 is 5.87. The molecule has 0 radical (unpaired) electrons. The van der Waals surface area contributed by atoms with E-state index in [1.54, 1.807) is 0 Å². The van der Waals surface area contributed by atoms with Crippen LogP contribution in [0, 0.1) is 11.8 Å². The van der Waals surface area contributed by atoms with Crippen LogP contribution < -0.4 is 0 Å². The highest BCUT2D eigenvalue weighted by Gasteiger charge is 2.24. The van der Waals surface area contributed by atoms with Gasteiger partial charge in [0.05, 0.1) is 5.56 Å². The van der Waals surface area contributed by atoms with Crippen molar-refractivity contribution in [3.05, 3.63) is 35.4 Å². The molecule has 0 aliphatic rings. The van der Waals surface area contributed by atoms with E-state index in [9.17, 15) is 4.79 Å². The highest BCUT2D eigenvalue weighted by atomic mass is 16.5. The number of hydrogen-bond donors (Lipinski definition) is 0. The third-order valence-electron chi connectivity index (χ3n) is 5.71. The second kappa shape index (κ2) is 14.7. The van der Waals surface area contributed by atoms with Crippen molar-refractivity contribution in [3.63, 3.8) is 0 Å². The van der Waals surface area contributed by atoms with Crippen molar-refractivity contribution in [2.45, 2.75) is 111 Å². The molecular formula is C26H44O2. The highest BCUT2D eigenvalue weighted by molar-refractivity contribution is 5.89. The Kier molecular flexibility index (Phi) is 12.9. The minimum Gasteiger partial charge on any atom is -0.458 e. The molecule has 2 atom stereocenters. The number of benzene rings is 1. The van der Waals surface area contributed by atoms with E-state index in [-0.39, 0.29) is 12.1 Å². The van der Waals surface area contributed by atoms with Crippen molar-refractivity contribution in [2.24, 2.45) is 11.8 Å². The molecule has 28 heavy (non-hydrogen) atoms. The number of unbranched alkanes of at least 4 members (excludes halogenated alkanes) is 7. The average molecular weight is 389 g/mol. The summed E-state index contributed by atoms with van der Waals surface area (Å²) in [6.07, 6.45) is 14.0. The van der Waals surface area contributed by atoms with Crippen molar-refractivity contribution in [1.82, 2.24) is 0 Å². The summed E-state index contributed by atoms with van der Waals surface area (Å²) in [7, 11) is 0. The number of carbonyl (C=O) groups is 1. The molecule has 0 aliphatic carbocycles. The third kappa shape index (κ3) is 9.75. The van der Waals surface area contributed by atoms with Gasteiger partial charge in [0, 0.05) is 0 Å². The van der Waals surface area contributed by atoms with Gasteiger partial charge < -0.3 is 4.74 Å². The van der Waals surface area contributed by atoms with Crippen LogP contribution in [-0.4, -0.2) is 12.1 Å². The first-order valence-electron chi connectivity index (χ1n) is 11.8. The fourth-order valence-corrected chi connectivity index (χ4v) is 3.99. The van der Waals surface area contributed by atoms with Crippen LogP contribution in [0.5, 0.6) is 0 Å². The quantitative estimate of drug-likeness (QED) is 0.225. The Morgan fingerprint density at radius 3 is 1.93 bits per heavy atom. The second-order valence-electron chi connectivity index (χ2n) is 8.80. The van der Waals surface area contributed by atoms with Gasteiger partial charge in [-0.3, -0.25) is 0 Å². The molecule has 0 spiro atoms. The number of ether oxygens (including phenoxy) is 1. The van der Waals surface area contributed by atoms with Crippen LogP contribution in [0.1, 0.15) is 115 Å². The topological polar surface area (TPSA) is 26.3 Å². The van der Waals surface area contributed by atoms with E-state index < -0.39 is 0 Å². The fraction of sp³-hybridized carbons (Fsp3) is 0.731. The van der Waals surface area contributed by atoms with Crippen LogP contribution in [0.2, 0.25) is 0 Å². The average Bonchev–Trinajstić information content (AvgIpc) is 2.68. The van der Waals surface area contributed by atoms with Crippen LogP contribution in [0.15, 0.2) is 24.3 Å². The molecule has 1 aromatic carbocycles. The summed E-state index contributed by atoms with van der Waals surface area (Å²) in [5.74, 6) is 0.558. The van der Waals surface area contributed by atoms with Gasteiger partial charge in [0.2, 0.25) is 0 Å². The number of esters is 1. The lowest BCUT2D eigenvalue weighted by atomic mass is 9.91. The zero-order valence-corrected chi connectivity index (χ0v) is 19.1. The molecule has 0 heterocycles. The molecule has 0 aliphatic heterocycles. The molecule has 0 bridgehead atoms. The predicted octanol–water partition coefficient (Wildman–Crippen LogP) is 7.99. The molecule has 0 saturated carbocycles. The fourth-order valence-electron chi connectivity index (χ4n) is 3.99. The van der Waals surface area contributed by atoms with Crippen molar-refractivity contribution in [1.29, 1.82) is 0 Å². The highest BCUT2D eigenvalue weighted by Crippen LogP contribution is 2.22. The molecule has 2 unspecified atom stereocenters. The zero-order valence-electron chi connectivity index (χ0n) is 19.1. The molecule has 0 fully saturated rings. The molecule has 160 valence electrons. The van der Waals surface area contributed by atoms with Crippen LogP contribution in [0.3, 0.4) is 0 Å². The number of rotatable bonds is 15. The monoisotopic (exact) mass is 388 g/mol. The minimum absolute atomic E-state index is 0.00977. The lowest BCUT2D eigenvalue weighted by molar-refractivity contribution is -0.00108. The van der Waals surface area contributed by atoms with Gasteiger partial charge in [-0.2, -0.15) is 0 Å². The maximum absolute atomic E-state index is 12.6. The Morgan fingerprint density at radius 1 is 0.821 bits per heavy atom. The maximum Gasteiger partial charge on any atom is 0.338 e. The van der Waals surface area contributed by atoms with Crippen LogP contribution in [0.4, 0.5) is 0 Å². The molecule has 0 amide bonds. The molecule has 1 aromatic rings. The van der Waals surface area contributed by atoms with Crippen LogP contribution >= 0.6 is 0 Å². The van der Waals surface area contributed by atoms with E-state index in [1.165, 1.54) is 56.9 Å².